The summed E-state index contributed by atoms with van der Waals surface area (Å²) in [7, 11) is 0. The van der Waals surface area contributed by atoms with Crippen LogP contribution in [0.2, 0.25) is 0 Å². The maximum atomic E-state index is 12.9. The Kier molecular flexibility index (Phi) is 7.89. The molecule has 1 N–H and O–H groups in total. The van der Waals surface area contributed by atoms with Crippen LogP contribution in [0.15, 0.2) is 48.2 Å². The van der Waals surface area contributed by atoms with Crippen molar-refractivity contribution in [1.29, 1.82) is 0 Å². The minimum atomic E-state index is -0.130. The molecule has 0 aromatic heterocycles. The normalized spacial score (nSPS) is 14.7. The third kappa shape index (κ3) is 5.76. The second-order valence-electron chi connectivity index (χ2n) is 6.84. The molecule has 3 rings (SSSR count). The van der Waals surface area contributed by atoms with Crippen LogP contribution in [0.5, 0.6) is 17.2 Å². The lowest BCUT2D eigenvalue weighted by Gasteiger charge is -2.15. The molecule has 1 fully saturated rings. The Morgan fingerprint density at radius 3 is 2.29 bits per heavy atom. The molecule has 2 aromatic carbocycles. The molecule has 0 saturated carbocycles. The number of hydrogen-bond donors (Lipinski definition) is 1. The standard InChI is InChI=1S/C24H28N2O4S/c1-4-28-19-10-7-17(8-11-19)15-20-23(27)26(24(31)25-20)14-13-18-9-12-21(29-5-2)22(16-18)30-6-3/h7-12,15-16H,4-6,13-14H2,1-3H3,(H,25,31)/b20-15+. The Morgan fingerprint density at radius 2 is 1.61 bits per heavy atom. The summed E-state index contributed by atoms with van der Waals surface area (Å²) in [5.74, 6) is 2.11. The average Bonchev–Trinajstić information content (AvgIpc) is 3.02. The Morgan fingerprint density at radius 1 is 0.935 bits per heavy atom. The molecular formula is C24H28N2O4S. The van der Waals surface area contributed by atoms with Gasteiger partial charge in [0.25, 0.3) is 5.91 Å². The summed E-state index contributed by atoms with van der Waals surface area (Å²) in [4.78, 5) is 14.4. The van der Waals surface area contributed by atoms with Gasteiger partial charge in [-0.15, -0.1) is 0 Å². The maximum absolute atomic E-state index is 12.9. The molecule has 1 saturated heterocycles. The molecule has 0 atom stereocenters. The van der Waals surface area contributed by atoms with Crippen molar-refractivity contribution in [2.24, 2.45) is 0 Å². The molecule has 7 heteroatoms. The number of amides is 1. The van der Waals surface area contributed by atoms with Gasteiger partial charge in [0.1, 0.15) is 11.4 Å². The van der Waals surface area contributed by atoms with E-state index in [-0.39, 0.29) is 5.91 Å². The minimum Gasteiger partial charge on any atom is -0.494 e. The molecule has 1 amide bonds. The molecule has 0 bridgehead atoms. The molecule has 31 heavy (non-hydrogen) atoms. The zero-order valence-electron chi connectivity index (χ0n) is 18.1. The predicted octanol–water partition coefficient (Wildman–Crippen LogP) is 4.18. The fourth-order valence-corrected chi connectivity index (χ4v) is 3.54. The van der Waals surface area contributed by atoms with E-state index in [1.165, 1.54) is 0 Å². The van der Waals surface area contributed by atoms with E-state index in [0.29, 0.717) is 49.3 Å². The number of thiocarbonyl (C=S) groups is 1. The third-order valence-electron chi connectivity index (χ3n) is 4.70. The van der Waals surface area contributed by atoms with Crippen molar-refractivity contribution >= 4 is 29.3 Å². The molecule has 1 heterocycles. The number of carbonyl (C=O) groups is 1. The van der Waals surface area contributed by atoms with Crippen LogP contribution < -0.4 is 19.5 Å². The smallest absolute Gasteiger partial charge is 0.276 e. The van der Waals surface area contributed by atoms with Gasteiger partial charge in [-0.2, -0.15) is 0 Å². The summed E-state index contributed by atoms with van der Waals surface area (Å²) < 4.78 is 16.8. The topological polar surface area (TPSA) is 60.0 Å². The molecule has 0 aliphatic carbocycles. The van der Waals surface area contributed by atoms with Crippen LogP contribution in [0.25, 0.3) is 6.08 Å². The zero-order chi connectivity index (χ0) is 22.2. The summed E-state index contributed by atoms with van der Waals surface area (Å²) in [6, 6.07) is 13.4. The second-order valence-corrected chi connectivity index (χ2v) is 7.23. The number of benzene rings is 2. The highest BCUT2D eigenvalue weighted by atomic mass is 32.1. The highest BCUT2D eigenvalue weighted by molar-refractivity contribution is 7.80. The summed E-state index contributed by atoms with van der Waals surface area (Å²) in [5, 5.41) is 3.44. The molecule has 0 unspecified atom stereocenters. The highest BCUT2D eigenvalue weighted by Gasteiger charge is 2.30. The van der Waals surface area contributed by atoms with Gasteiger partial charge in [-0.1, -0.05) is 18.2 Å². The van der Waals surface area contributed by atoms with Crippen LogP contribution in [0, 0.1) is 0 Å². The van der Waals surface area contributed by atoms with E-state index >= 15 is 0 Å². The molecule has 0 radical (unpaired) electrons. The molecular weight excluding hydrogens is 412 g/mol. The monoisotopic (exact) mass is 440 g/mol. The Hall–Kier alpha value is -3.06. The van der Waals surface area contributed by atoms with E-state index in [1.54, 1.807) is 11.0 Å². The Balaban J connectivity index is 1.67. The van der Waals surface area contributed by atoms with Gasteiger partial charge in [-0.25, -0.2) is 0 Å². The largest absolute Gasteiger partial charge is 0.494 e. The van der Waals surface area contributed by atoms with E-state index in [9.17, 15) is 4.79 Å². The van der Waals surface area contributed by atoms with Gasteiger partial charge in [0, 0.05) is 6.54 Å². The van der Waals surface area contributed by atoms with Crippen LogP contribution in [-0.2, 0) is 11.2 Å². The molecule has 6 nitrogen and oxygen atoms in total. The molecule has 0 spiro atoms. The average molecular weight is 441 g/mol. The lowest BCUT2D eigenvalue weighted by Crippen LogP contribution is -2.32. The van der Waals surface area contributed by atoms with Crippen molar-refractivity contribution < 1.29 is 19.0 Å². The van der Waals surface area contributed by atoms with Crippen LogP contribution in [0.4, 0.5) is 0 Å². The van der Waals surface area contributed by atoms with E-state index in [0.717, 1.165) is 22.6 Å². The van der Waals surface area contributed by atoms with E-state index in [4.69, 9.17) is 26.4 Å². The van der Waals surface area contributed by atoms with E-state index < -0.39 is 0 Å². The zero-order valence-corrected chi connectivity index (χ0v) is 19.0. The van der Waals surface area contributed by atoms with Crippen molar-refractivity contribution in [3.63, 3.8) is 0 Å². The number of hydrogen-bond acceptors (Lipinski definition) is 5. The van der Waals surface area contributed by atoms with Gasteiger partial charge in [-0.3, -0.25) is 9.69 Å². The van der Waals surface area contributed by atoms with E-state index in [1.807, 2.05) is 63.2 Å². The Bertz CT molecular complexity index is 957. The maximum Gasteiger partial charge on any atom is 0.276 e. The van der Waals surface area contributed by atoms with Crippen LogP contribution in [-0.4, -0.2) is 42.3 Å². The van der Waals surface area contributed by atoms with Gasteiger partial charge in [-0.05, 0) is 80.9 Å². The van der Waals surface area contributed by atoms with Crippen LogP contribution >= 0.6 is 12.2 Å². The molecule has 1 aliphatic heterocycles. The van der Waals surface area contributed by atoms with Gasteiger partial charge in [0.05, 0.1) is 19.8 Å². The lowest BCUT2D eigenvalue weighted by molar-refractivity contribution is -0.122. The summed E-state index contributed by atoms with van der Waals surface area (Å²) in [5.41, 5.74) is 2.42. The quantitative estimate of drug-likeness (QED) is 0.442. The number of ether oxygens (including phenoxy) is 3. The first-order chi connectivity index (χ1) is 15.0. The molecule has 164 valence electrons. The summed E-state index contributed by atoms with van der Waals surface area (Å²) in [6.07, 6.45) is 2.45. The van der Waals surface area contributed by atoms with Crippen LogP contribution in [0.3, 0.4) is 0 Å². The van der Waals surface area contributed by atoms with Gasteiger partial charge < -0.3 is 19.5 Å². The van der Waals surface area contributed by atoms with Gasteiger partial charge >= 0.3 is 0 Å². The first-order valence-electron chi connectivity index (χ1n) is 10.5. The minimum absolute atomic E-state index is 0.130. The van der Waals surface area contributed by atoms with E-state index in [2.05, 4.69) is 5.32 Å². The first-order valence-corrected chi connectivity index (χ1v) is 10.9. The van der Waals surface area contributed by atoms with Crippen molar-refractivity contribution in [2.45, 2.75) is 27.2 Å². The SMILES string of the molecule is CCOc1ccc(/C=C2/NC(=S)N(CCc3ccc(OCC)c(OCC)c3)C2=O)cc1. The second kappa shape index (κ2) is 10.8. The predicted molar refractivity (Wildman–Crippen MR) is 126 cm³/mol. The number of nitrogens with one attached hydrogen (secondary N) is 1. The molecule has 1 aliphatic rings. The van der Waals surface area contributed by atoms with Crippen LogP contribution in [0.1, 0.15) is 31.9 Å². The fraction of sp³-hybridized carbons (Fsp3) is 0.333. The number of rotatable bonds is 10. The van der Waals surface area contributed by atoms with Crippen molar-refractivity contribution in [2.75, 3.05) is 26.4 Å². The van der Waals surface area contributed by atoms with Gasteiger partial charge in [0.2, 0.25) is 0 Å². The molecule has 2 aromatic rings. The van der Waals surface area contributed by atoms with Crippen molar-refractivity contribution in [1.82, 2.24) is 10.2 Å². The summed E-state index contributed by atoms with van der Waals surface area (Å²) in [6.45, 7) is 8.04. The highest BCUT2D eigenvalue weighted by Crippen LogP contribution is 2.29. The third-order valence-corrected chi connectivity index (χ3v) is 5.02. The number of carbonyl (C=O) groups excluding carboxylic acids is 1. The Labute approximate surface area is 188 Å². The fourth-order valence-electron chi connectivity index (χ4n) is 3.26. The summed E-state index contributed by atoms with van der Waals surface area (Å²) >= 11 is 5.39. The van der Waals surface area contributed by atoms with Crippen molar-refractivity contribution in [3.8, 4) is 17.2 Å². The van der Waals surface area contributed by atoms with Gasteiger partial charge in [0.15, 0.2) is 16.6 Å². The first kappa shape index (κ1) is 22.6. The van der Waals surface area contributed by atoms with Crippen molar-refractivity contribution in [3.05, 3.63) is 59.3 Å². The number of nitrogens with zero attached hydrogens (tertiary/aromatic N) is 1. The lowest BCUT2D eigenvalue weighted by atomic mass is 10.1.